The Morgan fingerprint density at radius 2 is 2.00 bits per heavy atom. The fourth-order valence-electron chi connectivity index (χ4n) is 3.53. The molecule has 1 fully saturated rings. The van der Waals surface area contributed by atoms with Crippen molar-refractivity contribution in [2.45, 2.75) is 18.8 Å². The average Bonchev–Trinajstić information content (AvgIpc) is 3.34. The average molecular weight is 367 g/mol. The van der Waals surface area contributed by atoms with Crippen LogP contribution in [0.2, 0.25) is 0 Å². The molecule has 5 heterocycles. The van der Waals surface area contributed by atoms with Crippen molar-refractivity contribution in [3.05, 3.63) is 35.7 Å². The maximum absolute atomic E-state index is 5.23. The van der Waals surface area contributed by atoms with Gasteiger partial charge < -0.3 is 9.64 Å². The standard InChI is InChI=1S/C17H17N7OS/c1-25-14-3-2-13-20-21-15(24(13)22-14)11-4-7-23(8-5-11)16-12-6-9-26-17(12)19-10-18-16/h2-3,6,9-11H,4-5,7-8H2,1H3. The van der Waals surface area contributed by atoms with Gasteiger partial charge >= 0.3 is 0 Å². The topological polar surface area (TPSA) is 81.3 Å². The van der Waals surface area contributed by atoms with Crippen molar-refractivity contribution in [2.24, 2.45) is 0 Å². The van der Waals surface area contributed by atoms with Crippen LogP contribution in [-0.2, 0) is 0 Å². The summed E-state index contributed by atoms with van der Waals surface area (Å²) in [6.45, 7) is 1.84. The van der Waals surface area contributed by atoms with Crippen LogP contribution in [0.1, 0.15) is 24.6 Å². The maximum Gasteiger partial charge on any atom is 0.231 e. The van der Waals surface area contributed by atoms with Crippen molar-refractivity contribution in [3.8, 4) is 5.88 Å². The SMILES string of the molecule is COc1ccc2nnc(C3CCN(c4ncnc5sccc45)CC3)n2n1. The Morgan fingerprint density at radius 3 is 2.85 bits per heavy atom. The Morgan fingerprint density at radius 1 is 1.12 bits per heavy atom. The lowest BCUT2D eigenvalue weighted by atomic mass is 9.96. The molecule has 4 aromatic rings. The summed E-state index contributed by atoms with van der Waals surface area (Å²) in [5.74, 6) is 2.82. The zero-order chi connectivity index (χ0) is 17.5. The van der Waals surface area contributed by atoms with Gasteiger partial charge in [-0.25, -0.2) is 9.97 Å². The largest absolute Gasteiger partial charge is 0.480 e. The summed E-state index contributed by atoms with van der Waals surface area (Å²) in [4.78, 5) is 12.2. The van der Waals surface area contributed by atoms with E-state index in [-0.39, 0.29) is 0 Å². The van der Waals surface area contributed by atoms with Crippen LogP contribution in [0.3, 0.4) is 0 Å². The quantitative estimate of drug-likeness (QED) is 0.550. The third-order valence-corrected chi connectivity index (χ3v) is 5.69. The monoisotopic (exact) mass is 367 g/mol. The molecule has 0 atom stereocenters. The van der Waals surface area contributed by atoms with Gasteiger partial charge in [-0.1, -0.05) is 0 Å². The molecule has 8 nitrogen and oxygen atoms in total. The highest BCUT2D eigenvalue weighted by molar-refractivity contribution is 7.16. The number of aromatic nitrogens is 6. The molecule has 132 valence electrons. The molecule has 1 aliphatic heterocycles. The lowest BCUT2D eigenvalue weighted by molar-refractivity contribution is 0.387. The summed E-state index contributed by atoms with van der Waals surface area (Å²) >= 11 is 1.65. The Kier molecular flexibility index (Phi) is 3.66. The number of rotatable bonds is 3. The lowest BCUT2D eigenvalue weighted by Crippen LogP contribution is -2.34. The fourth-order valence-corrected chi connectivity index (χ4v) is 4.26. The second-order valence-electron chi connectivity index (χ2n) is 6.30. The molecule has 0 amide bonds. The number of anilines is 1. The van der Waals surface area contributed by atoms with E-state index in [0.717, 1.165) is 53.4 Å². The molecular formula is C17H17N7OS. The first-order valence-corrected chi connectivity index (χ1v) is 9.41. The van der Waals surface area contributed by atoms with E-state index in [1.54, 1.807) is 35.4 Å². The first-order chi connectivity index (χ1) is 12.8. The van der Waals surface area contributed by atoms with Crippen LogP contribution in [0.5, 0.6) is 5.88 Å². The minimum Gasteiger partial charge on any atom is -0.480 e. The minimum atomic E-state index is 0.320. The number of ether oxygens (including phenoxy) is 1. The van der Waals surface area contributed by atoms with Crippen molar-refractivity contribution in [1.29, 1.82) is 0 Å². The Balaban J connectivity index is 1.40. The summed E-state index contributed by atoms with van der Waals surface area (Å²) < 4.78 is 7.04. The van der Waals surface area contributed by atoms with Gasteiger partial charge in [0, 0.05) is 25.1 Å². The van der Waals surface area contributed by atoms with Crippen molar-refractivity contribution in [3.63, 3.8) is 0 Å². The molecule has 0 saturated carbocycles. The molecule has 0 aliphatic carbocycles. The van der Waals surface area contributed by atoms with Gasteiger partial charge in [0.05, 0.1) is 12.5 Å². The molecular weight excluding hydrogens is 350 g/mol. The lowest BCUT2D eigenvalue weighted by Gasteiger charge is -2.32. The molecule has 0 radical (unpaired) electrons. The van der Waals surface area contributed by atoms with Crippen LogP contribution >= 0.6 is 11.3 Å². The Labute approximate surface area is 153 Å². The van der Waals surface area contributed by atoms with E-state index < -0.39 is 0 Å². The Hall–Kier alpha value is -2.81. The first kappa shape index (κ1) is 15.4. The van der Waals surface area contributed by atoms with E-state index >= 15 is 0 Å². The normalized spacial score (nSPS) is 15.8. The number of piperidine rings is 1. The van der Waals surface area contributed by atoms with Crippen LogP contribution in [0.25, 0.3) is 15.9 Å². The van der Waals surface area contributed by atoms with Crippen molar-refractivity contribution >= 4 is 33.0 Å². The van der Waals surface area contributed by atoms with E-state index in [1.807, 2.05) is 6.07 Å². The second-order valence-corrected chi connectivity index (χ2v) is 7.20. The maximum atomic E-state index is 5.23. The highest BCUT2D eigenvalue weighted by atomic mass is 32.1. The second kappa shape index (κ2) is 6.17. The molecule has 1 saturated heterocycles. The minimum absolute atomic E-state index is 0.320. The summed E-state index contributed by atoms with van der Waals surface area (Å²) in [6, 6.07) is 5.78. The van der Waals surface area contributed by atoms with Crippen LogP contribution in [0, 0.1) is 0 Å². The predicted molar refractivity (Wildman–Crippen MR) is 98.9 cm³/mol. The number of methoxy groups -OCH3 is 1. The highest BCUT2D eigenvalue weighted by Gasteiger charge is 2.26. The van der Waals surface area contributed by atoms with E-state index in [0.29, 0.717) is 11.8 Å². The summed E-state index contributed by atoms with van der Waals surface area (Å²) in [5, 5.41) is 16.3. The van der Waals surface area contributed by atoms with E-state index in [2.05, 4.69) is 41.6 Å². The van der Waals surface area contributed by atoms with Gasteiger partial charge in [0.1, 0.15) is 17.0 Å². The number of hydrogen-bond donors (Lipinski definition) is 0. The highest BCUT2D eigenvalue weighted by Crippen LogP contribution is 2.32. The van der Waals surface area contributed by atoms with Crippen LogP contribution < -0.4 is 9.64 Å². The molecule has 0 unspecified atom stereocenters. The van der Waals surface area contributed by atoms with E-state index in [4.69, 9.17) is 4.74 Å². The smallest absolute Gasteiger partial charge is 0.231 e. The number of fused-ring (bicyclic) bond motifs is 2. The van der Waals surface area contributed by atoms with Gasteiger partial charge in [-0.2, -0.15) is 4.52 Å². The third-order valence-electron chi connectivity index (χ3n) is 4.87. The number of thiophene rings is 1. The van der Waals surface area contributed by atoms with Crippen LogP contribution in [0.4, 0.5) is 5.82 Å². The number of hydrogen-bond acceptors (Lipinski definition) is 8. The molecule has 9 heteroatoms. The van der Waals surface area contributed by atoms with Gasteiger partial charge in [0.2, 0.25) is 5.88 Å². The van der Waals surface area contributed by atoms with Crippen molar-refractivity contribution < 1.29 is 4.74 Å². The van der Waals surface area contributed by atoms with E-state index in [1.165, 1.54) is 0 Å². The van der Waals surface area contributed by atoms with Crippen molar-refractivity contribution in [2.75, 3.05) is 25.1 Å². The first-order valence-electron chi connectivity index (χ1n) is 8.53. The van der Waals surface area contributed by atoms with Gasteiger partial charge in [-0.05, 0) is 30.4 Å². The van der Waals surface area contributed by atoms with Gasteiger partial charge in [0.25, 0.3) is 0 Å². The Bertz CT molecular complexity index is 1070. The van der Waals surface area contributed by atoms with Gasteiger partial charge in [-0.15, -0.1) is 26.6 Å². The molecule has 0 N–H and O–H groups in total. The van der Waals surface area contributed by atoms with E-state index in [9.17, 15) is 0 Å². The van der Waals surface area contributed by atoms with Gasteiger partial charge in [0.15, 0.2) is 11.5 Å². The molecule has 1 aliphatic rings. The summed E-state index contributed by atoms with van der Waals surface area (Å²) in [5.41, 5.74) is 0.749. The summed E-state index contributed by atoms with van der Waals surface area (Å²) in [6.07, 6.45) is 3.62. The van der Waals surface area contributed by atoms with Crippen molar-refractivity contribution in [1.82, 2.24) is 29.8 Å². The zero-order valence-electron chi connectivity index (χ0n) is 14.2. The third kappa shape index (κ3) is 2.47. The molecule has 0 spiro atoms. The molecule has 0 bridgehead atoms. The zero-order valence-corrected chi connectivity index (χ0v) is 15.1. The fraction of sp³-hybridized carbons (Fsp3) is 0.353. The molecule has 4 aromatic heterocycles. The summed E-state index contributed by atoms with van der Waals surface area (Å²) in [7, 11) is 1.61. The van der Waals surface area contributed by atoms with Crippen LogP contribution in [0.15, 0.2) is 29.9 Å². The molecule has 26 heavy (non-hydrogen) atoms. The predicted octanol–water partition coefficient (Wildman–Crippen LogP) is 2.52. The molecule has 0 aromatic carbocycles. The number of nitrogens with zero attached hydrogens (tertiary/aromatic N) is 7. The molecule has 5 rings (SSSR count). The van der Waals surface area contributed by atoms with Crippen LogP contribution in [-0.4, -0.2) is 50.0 Å². The van der Waals surface area contributed by atoms with Gasteiger partial charge in [-0.3, -0.25) is 0 Å².